The monoisotopic (exact) mass is 207 g/mol. The highest BCUT2D eigenvalue weighted by Gasteiger charge is 2.08. The van der Waals surface area contributed by atoms with Gasteiger partial charge in [0.15, 0.2) is 6.61 Å². The van der Waals surface area contributed by atoms with Crippen LogP contribution in [0.25, 0.3) is 0 Å². The summed E-state index contributed by atoms with van der Waals surface area (Å²) in [6, 6.07) is 7.02. The summed E-state index contributed by atoms with van der Waals surface area (Å²) in [4.78, 5) is 22.2. The summed E-state index contributed by atoms with van der Waals surface area (Å²) in [5.41, 5.74) is 1.43. The molecule has 1 rings (SSSR count). The third-order valence-electron chi connectivity index (χ3n) is 1.87. The van der Waals surface area contributed by atoms with Crippen molar-refractivity contribution in [2.75, 3.05) is 13.7 Å². The number of hydrogen-bond donors (Lipinski definition) is 1. The van der Waals surface area contributed by atoms with E-state index in [2.05, 4.69) is 5.32 Å². The van der Waals surface area contributed by atoms with Gasteiger partial charge in [-0.3, -0.25) is 4.79 Å². The van der Waals surface area contributed by atoms with Crippen LogP contribution in [-0.2, 0) is 9.53 Å². The Kier molecular flexibility index (Phi) is 3.85. The SMILES string of the molecule is CNC(=O)COC(=O)c1cccc(C)c1. The number of carbonyl (C=O) groups is 2. The molecule has 0 aliphatic carbocycles. The fraction of sp³-hybridized carbons (Fsp3) is 0.273. The molecule has 0 radical (unpaired) electrons. The second-order valence-electron chi connectivity index (χ2n) is 3.12. The minimum absolute atomic E-state index is 0.247. The molecular formula is C11H13NO3. The summed E-state index contributed by atoms with van der Waals surface area (Å²) >= 11 is 0. The lowest BCUT2D eigenvalue weighted by molar-refractivity contribution is -0.123. The van der Waals surface area contributed by atoms with Crippen molar-refractivity contribution in [2.24, 2.45) is 0 Å². The zero-order chi connectivity index (χ0) is 11.3. The Bertz CT molecular complexity index is 374. The summed E-state index contributed by atoms with van der Waals surface area (Å²) in [6.07, 6.45) is 0. The molecule has 0 bridgehead atoms. The molecule has 4 nitrogen and oxygen atoms in total. The lowest BCUT2D eigenvalue weighted by Gasteiger charge is -2.04. The zero-order valence-electron chi connectivity index (χ0n) is 8.74. The van der Waals surface area contributed by atoms with E-state index >= 15 is 0 Å². The van der Waals surface area contributed by atoms with Gasteiger partial charge in [0.1, 0.15) is 0 Å². The number of rotatable bonds is 3. The molecule has 0 heterocycles. The average molecular weight is 207 g/mol. The maximum Gasteiger partial charge on any atom is 0.338 e. The van der Waals surface area contributed by atoms with E-state index in [4.69, 9.17) is 4.74 Å². The number of likely N-dealkylation sites (N-methyl/N-ethyl adjacent to an activating group) is 1. The van der Waals surface area contributed by atoms with Gasteiger partial charge in [0, 0.05) is 7.05 Å². The molecule has 0 aliphatic rings. The highest BCUT2D eigenvalue weighted by atomic mass is 16.5. The molecule has 0 saturated carbocycles. The lowest BCUT2D eigenvalue weighted by Crippen LogP contribution is -2.25. The van der Waals surface area contributed by atoms with Crippen LogP contribution in [0.4, 0.5) is 0 Å². The van der Waals surface area contributed by atoms with Crippen LogP contribution in [0.1, 0.15) is 15.9 Å². The topological polar surface area (TPSA) is 55.4 Å². The van der Waals surface area contributed by atoms with Crippen LogP contribution in [0.3, 0.4) is 0 Å². The average Bonchev–Trinajstić information content (AvgIpc) is 2.25. The molecule has 0 saturated heterocycles. The lowest BCUT2D eigenvalue weighted by atomic mass is 10.1. The van der Waals surface area contributed by atoms with E-state index in [0.717, 1.165) is 5.56 Å². The van der Waals surface area contributed by atoms with Crippen molar-refractivity contribution in [1.82, 2.24) is 5.32 Å². The number of benzene rings is 1. The summed E-state index contributed by atoms with van der Waals surface area (Å²) in [7, 11) is 1.49. The molecule has 1 aromatic carbocycles. The minimum Gasteiger partial charge on any atom is -0.452 e. The van der Waals surface area contributed by atoms with Gasteiger partial charge in [-0.05, 0) is 19.1 Å². The minimum atomic E-state index is -0.484. The van der Waals surface area contributed by atoms with Gasteiger partial charge in [-0.2, -0.15) is 0 Å². The van der Waals surface area contributed by atoms with E-state index in [1.54, 1.807) is 18.2 Å². The second kappa shape index (κ2) is 5.14. The van der Waals surface area contributed by atoms with E-state index in [1.165, 1.54) is 7.05 Å². The van der Waals surface area contributed by atoms with Gasteiger partial charge in [0.25, 0.3) is 5.91 Å². The van der Waals surface area contributed by atoms with E-state index in [1.807, 2.05) is 13.0 Å². The first kappa shape index (κ1) is 11.2. The first-order chi connectivity index (χ1) is 7.13. The Hall–Kier alpha value is -1.84. The summed E-state index contributed by atoms with van der Waals surface area (Å²) < 4.78 is 4.78. The number of hydrogen-bond acceptors (Lipinski definition) is 3. The molecule has 80 valence electrons. The van der Waals surface area contributed by atoms with Crippen molar-refractivity contribution in [3.8, 4) is 0 Å². The zero-order valence-corrected chi connectivity index (χ0v) is 8.74. The van der Waals surface area contributed by atoms with Gasteiger partial charge in [0.05, 0.1) is 5.56 Å². The highest BCUT2D eigenvalue weighted by molar-refractivity contribution is 5.91. The van der Waals surface area contributed by atoms with Crippen LogP contribution >= 0.6 is 0 Å². The van der Waals surface area contributed by atoms with Crippen LogP contribution in [0.15, 0.2) is 24.3 Å². The maximum atomic E-state index is 11.4. The third kappa shape index (κ3) is 3.42. The molecule has 0 fully saturated rings. The number of amides is 1. The highest BCUT2D eigenvalue weighted by Crippen LogP contribution is 2.05. The first-order valence-corrected chi connectivity index (χ1v) is 4.58. The molecular weight excluding hydrogens is 194 g/mol. The Morgan fingerprint density at radius 3 is 2.73 bits per heavy atom. The van der Waals surface area contributed by atoms with Crippen molar-refractivity contribution in [2.45, 2.75) is 6.92 Å². The van der Waals surface area contributed by atoms with Gasteiger partial charge in [0.2, 0.25) is 0 Å². The molecule has 0 unspecified atom stereocenters. The van der Waals surface area contributed by atoms with Gasteiger partial charge in [-0.1, -0.05) is 17.7 Å². The predicted octanol–water partition coefficient (Wildman–Crippen LogP) is 0.898. The molecule has 1 amide bonds. The molecule has 1 N–H and O–H groups in total. The van der Waals surface area contributed by atoms with Gasteiger partial charge in [-0.15, -0.1) is 0 Å². The normalized spacial score (nSPS) is 9.47. The Labute approximate surface area is 88.2 Å². The largest absolute Gasteiger partial charge is 0.452 e. The number of ether oxygens (including phenoxy) is 1. The van der Waals surface area contributed by atoms with Crippen molar-refractivity contribution < 1.29 is 14.3 Å². The van der Waals surface area contributed by atoms with Crippen LogP contribution in [0, 0.1) is 6.92 Å². The van der Waals surface area contributed by atoms with E-state index in [9.17, 15) is 9.59 Å². The Morgan fingerprint density at radius 1 is 1.40 bits per heavy atom. The smallest absolute Gasteiger partial charge is 0.338 e. The van der Waals surface area contributed by atoms with E-state index in [-0.39, 0.29) is 12.5 Å². The van der Waals surface area contributed by atoms with E-state index < -0.39 is 5.97 Å². The second-order valence-corrected chi connectivity index (χ2v) is 3.12. The number of aryl methyl sites for hydroxylation is 1. The molecule has 0 aromatic heterocycles. The van der Waals surface area contributed by atoms with Gasteiger partial charge in [-0.25, -0.2) is 4.79 Å². The maximum absolute atomic E-state index is 11.4. The quantitative estimate of drug-likeness (QED) is 0.749. The van der Waals surface area contributed by atoms with E-state index in [0.29, 0.717) is 5.56 Å². The standard InChI is InChI=1S/C11H13NO3/c1-8-4-3-5-9(6-8)11(14)15-7-10(13)12-2/h3-6H,7H2,1-2H3,(H,12,13). The Morgan fingerprint density at radius 2 is 2.13 bits per heavy atom. The van der Waals surface area contributed by atoms with Crippen molar-refractivity contribution in [1.29, 1.82) is 0 Å². The first-order valence-electron chi connectivity index (χ1n) is 4.58. The fourth-order valence-corrected chi connectivity index (χ4v) is 1.06. The number of carbonyl (C=O) groups excluding carboxylic acids is 2. The van der Waals surface area contributed by atoms with Crippen molar-refractivity contribution in [3.05, 3.63) is 35.4 Å². The summed E-state index contributed by atoms with van der Waals surface area (Å²) in [6.45, 7) is 1.64. The molecule has 4 heteroatoms. The van der Waals surface area contributed by atoms with Crippen molar-refractivity contribution >= 4 is 11.9 Å². The predicted molar refractivity (Wildman–Crippen MR) is 55.5 cm³/mol. The number of nitrogens with one attached hydrogen (secondary N) is 1. The molecule has 15 heavy (non-hydrogen) atoms. The van der Waals surface area contributed by atoms with Crippen LogP contribution in [0.2, 0.25) is 0 Å². The molecule has 0 spiro atoms. The van der Waals surface area contributed by atoms with Crippen LogP contribution in [0.5, 0.6) is 0 Å². The molecule has 1 aromatic rings. The number of esters is 1. The van der Waals surface area contributed by atoms with Gasteiger partial charge >= 0.3 is 5.97 Å². The molecule has 0 atom stereocenters. The van der Waals surface area contributed by atoms with Crippen LogP contribution in [-0.4, -0.2) is 25.5 Å². The van der Waals surface area contributed by atoms with Crippen molar-refractivity contribution in [3.63, 3.8) is 0 Å². The summed E-state index contributed by atoms with van der Waals surface area (Å²) in [5.74, 6) is -0.807. The fourth-order valence-electron chi connectivity index (χ4n) is 1.06. The summed E-state index contributed by atoms with van der Waals surface area (Å²) in [5, 5.41) is 2.37. The third-order valence-corrected chi connectivity index (χ3v) is 1.87. The van der Waals surface area contributed by atoms with Gasteiger partial charge < -0.3 is 10.1 Å². The van der Waals surface area contributed by atoms with Crippen LogP contribution < -0.4 is 5.32 Å². The Balaban J connectivity index is 2.58. The molecule has 0 aliphatic heterocycles.